The molecule has 0 spiro atoms. The van der Waals surface area contributed by atoms with Crippen LogP contribution in [0.1, 0.15) is 13.3 Å². The summed E-state index contributed by atoms with van der Waals surface area (Å²) in [7, 11) is 3.72. The topological polar surface area (TPSA) is 127 Å². The number of hydrogen-bond donors (Lipinski definition) is 3. The minimum atomic E-state index is -1.16. The number of carboxylic acids is 1. The lowest BCUT2D eigenvalue weighted by Crippen LogP contribution is -3.00. The van der Waals surface area contributed by atoms with Crippen LogP contribution in [0.3, 0.4) is 0 Å². The van der Waals surface area contributed by atoms with Gasteiger partial charge < -0.3 is 45.0 Å². The highest BCUT2D eigenvalue weighted by Gasteiger charge is 2.47. The van der Waals surface area contributed by atoms with Crippen LogP contribution >= 0.6 is 11.8 Å². The van der Waals surface area contributed by atoms with Crippen molar-refractivity contribution in [1.82, 2.24) is 4.90 Å². The molecule has 0 aromatic carbocycles. The fourth-order valence-corrected chi connectivity index (χ4v) is 3.89. The third-order valence-corrected chi connectivity index (χ3v) is 5.81. The highest BCUT2D eigenvalue weighted by Crippen LogP contribution is 2.42. The number of primary amides is 1. The monoisotopic (exact) mass is 482 g/mol. The molecule has 0 radical (unpaired) electrons. The van der Waals surface area contributed by atoms with Crippen molar-refractivity contribution in [1.29, 1.82) is 0 Å². The predicted molar refractivity (Wildman–Crippen MR) is 90.3 cm³/mol. The Labute approximate surface area is 167 Å². The van der Waals surface area contributed by atoms with Crippen LogP contribution in [0.5, 0.6) is 0 Å². The van der Waals surface area contributed by atoms with Crippen molar-refractivity contribution in [3.8, 4) is 0 Å². The van der Waals surface area contributed by atoms with E-state index in [9.17, 15) is 19.5 Å². The van der Waals surface area contributed by atoms with Crippen molar-refractivity contribution < 1.29 is 47.9 Å². The number of carboxylic acid groups (broad SMARTS) is 1. The molecule has 2 aliphatic heterocycles. The number of hydrogen-bond acceptors (Lipinski definition) is 5. The number of amides is 2. The number of halogens is 1. The molecule has 1 unspecified atom stereocenters. The first-order valence-corrected chi connectivity index (χ1v) is 8.49. The first kappa shape index (κ1) is 21.9. The summed E-state index contributed by atoms with van der Waals surface area (Å²) in [4.78, 5) is 36.0. The maximum absolute atomic E-state index is 11.7. The molecule has 2 rings (SSSR count). The van der Waals surface area contributed by atoms with Gasteiger partial charge in [0.05, 0.1) is 37.8 Å². The van der Waals surface area contributed by atoms with Gasteiger partial charge in [-0.05, 0) is 13.0 Å². The normalized spacial score (nSPS) is 24.5. The number of likely N-dealkylation sites (N-methyl/N-ethyl adjacent to an activating group) is 1. The SMILES string of the molecule is C[C@H](C(N)=O)[N+](C)(C)C/C=C/C1=C(C(=O)O)N2C(=O)C[C@H]2SC1N.[I-]. The summed E-state index contributed by atoms with van der Waals surface area (Å²) in [6, 6.07) is -0.390. The molecule has 3 atom stereocenters. The Balaban J connectivity index is 0.00000312. The van der Waals surface area contributed by atoms with Gasteiger partial charge in [0.15, 0.2) is 6.04 Å². The van der Waals surface area contributed by atoms with Crippen LogP contribution in [0.4, 0.5) is 0 Å². The first-order valence-electron chi connectivity index (χ1n) is 7.55. The molecule has 0 bridgehead atoms. The molecular weight excluding hydrogens is 459 g/mol. The van der Waals surface area contributed by atoms with Gasteiger partial charge in [0, 0.05) is 5.57 Å². The fraction of sp³-hybridized carbons (Fsp3) is 0.533. The van der Waals surface area contributed by atoms with Gasteiger partial charge >= 0.3 is 5.97 Å². The zero-order valence-corrected chi connectivity index (χ0v) is 17.3. The Morgan fingerprint density at radius 2 is 2.08 bits per heavy atom. The summed E-state index contributed by atoms with van der Waals surface area (Å²) >= 11 is 1.37. The molecule has 25 heavy (non-hydrogen) atoms. The van der Waals surface area contributed by atoms with E-state index in [1.165, 1.54) is 16.7 Å². The Bertz CT molecular complexity index is 649. The van der Waals surface area contributed by atoms with E-state index < -0.39 is 23.3 Å². The Kier molecular flexibility index (Phi) is 7.07. The number of aliphatic carboxylic acids is 1. The molecular formula is C15H23IN4O4S. The molecule has 0 saturated carbocycles. The van der Waals surface area contributed by atoms with E-state index in [1.807, 2.05) is 14.1 Å². The molecule has 2 amide bonds. The molecule has 140 valence electrons. The average molecular weight is 482 g/mol. The summed E-state index contributed by atoms with van der Waals surface area (Å²) in [6.45, 7) is 2.21. The molecule has 1 saturated heterocycles. The second-order valence-electron chi connectivity index (χ2n) is 6.53. The van der Waals surface area contributed by atoms with E-state index in [0.717, 1.165) is 0 Å². The quantitative estimate of drug-likeness (QED) is 0.204. The van der Waals surface area contributed by atoms with Gasteiger partial charge in [-0.1, -0.05) is 6.08 Å². The summed E-state index contributed by atoms with van der Waals surface area (Å²) in [5.74, 6) is -1.78. The number of β-lactam (4-membered cyclic amide) rings is 1. The van der Waals surface area contributed by atoms with Gasteiger partial charge in [0.2, 0.25) is 5.91 Å². The van der Waals surface area contributed by atoms with Crippen LogP contribution in [-0.4, -0.2) is 69.7 Å². The van der Waals surface area contributed by atoms with Gasteiger partial charge in [0.1, 0.15) is 5.70 Å². The van der Waals surface area contributed by atoms with Crippen molar-refractivity contribution in [3.63, 3.8) is 0 Å². The van der Waals surface area contributed by atoms with Gasteiger partial charge in [-0.15, -0.1) is 11.8 Å². The zero-order valence-electron chi connectivity index (χ0n) is 14.3. The summed E-state index contributed by atoms with van der Waals surface area (Å²) in [6.07, 6.45) is 3.71. The van der Waals surface area contributed by atoms with Gasteiger partial charge in [-0.2, -0.15) is 0 Å². The Hall–Kier alpha value is -1.11. The zero-order chi connectivity index (χ0) is 18.2. The van der Waals surface area contributed by atoms with E-state index in [0.29, 0.717) is 23.0 Å². The van der Waals surface area contributed by atoms with E-state index in [2.05, 4.69) is 0 Å². The lowest BCUT2D eigenvalue weighted by Gasteiger charge is -2.45. The summed E-state index contributed by atoms with van der Waals surface area (Å²) < 4.78 is 0.329. The molecule has 1 fully saturated rings. The van der Waals surface area contributed by atoms with Crippen LogP contribution in [0.25, 0.3) is 0 Å². The van der Waals surface area contributed by atoms with Gasteiger partial charge in [0.25, 0.3) is 5.91 Å². The molecule has 2 heterocycles. The standard InChI is InChI=1S/C15H22N4O4S.HI/c1-8(13(16)21)19(2,3)6-4-5-9-12(15(22)23)18-10(20)7-11(18)24-14(9)17;/h4-5,8,11,14H,6-7,17H2,1-3H3,(H2-,16,21,22,23);1H/b5-4+;/t8-,11-,14?;/m1./s1. The number of quaternary nitrogens is 1. The molecule has 0 aromatic rings. The second kappa shape index (κ2) is 8.06. The van der Waals surface area contributed by atoms with Crippen molar-refractivity contribution in [3.05, 3.63) is 23.4 Å². The molecule has 0 aliphatic carbocycles. The lowest BCUT2D eigenvalue weighted by molar-refractivity contribution is -0.898. The smallest absolute Gasteiger partial charge is 0.353 e. The van der Waals surface area contributed by atoms with Crippen LogP contribution in [0.2, 0.25) is 0 Å². The minimum absolute atomic E-state index is 0. The largest absolute Gasteiger partial charge is 1.00 e. The Morgan fingerprint density at radius 3 is 2.56 bits per heavy atom. The highest BCUT2D eigenvalue weighted by molar-refractivity contribution is 8.00. The molecule has 2 aliphatic rings. The van der Waals surface area contributed by atoms with E-state index in [1.54, 1.807) is 19.1 Å². The van der Waals surface area contributed by atoms with Crippen molar-refractivity contribution >= 4 is 29.5 Å². The van der Waals surface area contributed by atoms with Crippen LogP contribution < -0.4 is 35.4 Å². The predicted octanol–water partition coefficient (Wildman–Crippen LogP) is -3.57. The van der Waals surface area contributed by atoms with Crippen LogP contribution in [0.15, 0.2) is 23.4 Å². The van der Waals surface area contributed by atoms with Gasteiger partial charge in [-0.3, -0.25) is 14.5 Å². The second-order valence-corrected chi connectivity index (χ2v) is 7.85. The first-order chi connectivity index (χ1) is 11.1. The van der Waals surface area contributed by atoms with E-state index in [-0.39, 0.29) is 41.0 Å². The minimum Gasteiger partial charge on any atom is -1.00 e. The summed E-state index contributed by atoms with van der Waals surface area (Å²) in [5, 5.41) is 8.77. The molecule has 10 heteroatoms. The maximum atomic E-state index is 11.7. The average Bonchev–Trinajstić information content (AvgIpc) is 2.47. The van der Waals surface area contributed by atoms with Crippen LogP contribution in [0, 0.1) is 0 Å². The summed E-state index contributed by atoms with van der Waals surface area (Å²) in [5.41, 5.74) is 11.8. The van der Waals surface area contributed by atoms with E-state index >= 15 is 0 Å². The number of nitrogens with zero attached hydrogens (tertiary/aromatic N) is 2. The van der Waals surface area contributed by atoms with E-state index in [4.69, 9.17) is 11.5 Å². The van der Waals surface area contributed by atoms with Crippen molar-refractivity contribution in [2.75, 3.05) is 20.6 Å². The molecule has 5 N–H and O–H groups in total. The number of nitrogens with two attached hydrogens (primary N) is 2. The van der Waals surface area contributed by atoms with Crippen molar-refractivity contribution in [2.24, 2.45) is 11.5 Å². The number of thioether (sulfide) groups is 1. The van der Waals surface area contributed by atoms with Crippen LogP contribution in [-0.2, 0) is 14.4 Å². The lowest BCUT2D eigenvalue weighted by atomic mass is 10.1. The highest BCUT2D eigenvalue weighted by atomic mass is 127. The number of carbonyl (C=O) groups is 3. The third-order valence-electron chi connectivity index (χ3n) is 4.57. The maximum Gasteiger partial charge on any atom is 0.353 e. The molecule has 8 nitrogen and oxygen atoms in total. The number of fused-ring (bicyclic) bond motifs is 1. The number of rotatable bonds is 6. The Morgan fingerprint density at radius 1 is 1.48 bits per heavy atom. The fourth-order valence-electron chi connectivity index (χ4n) is 2.64. The third kappa shape index (κ3) is 4.36. The van der Waals surface area contributed by atoms with Gasteiger partial charge in [-0.25, -0.2) is 4.79 Å². The van der Waals surface area contributed by atoms with Crippen molar-refractivity contribution in [2.45, 2.75) is 30.1 Å². The number of carbonyl (C=O) groups excluding carboxylic acids is 2. The molecule has 0 aromatic heterocycles.